The molecule has 0 N–H and O–H groups in total. The van der Waals surface area contributed by atoms with Crippen LogP contribution in [0.4, 0.5) is 0 Å². The molecule has 2 rings (SSSR count). The van der Waals surface area contributed by atoms with Gasteiger partial charge in [-0.1, -0.05) is 38.1 Å². The molecule has 0 radical (unpaired) electrons. The van der Waals surface area contributed by atoms with Crippen LogP contribution in [0.15, 0.2) is 29.7 Å². The van der Waals surface area contributed by atoms with Gasteiger partial charge in [-0.3, -0.25) is 0 Å². The molecule has 0 saturated carbocycles. The van der Waals surface area contributed by atoms with Crippen molar-refractivity contribution in [2.24, 2.45) is 5.92 Å². The maximum atomic E-state index is 2.34. The summed E-state index contributed by atoms with van der Waals surface area (Å²) >= 11 is 1.93. The van der Waals surface area contributed by atoms with E-state index in [2.05, 4.69) is 43.5 Å². The first kappa shape index (κ1) is 9.85. The fraction of sp³-hybridized carbons (Fsp3) is 0.385. The van der Waals surface area contributed by atoms with E-state index in [9.17, 15) is 0 Å². The van der Waals surface area contributed by atoms with Crippen LogP contribution in [0.2, 0.25) is 0 Å². The van der Waals surface area contributed by atoms with Gasteiger partial charge in [-0.05, 0) is 34.4 Å². The van der Waals surface area contributed by atoms with Crippen LogP contribution >= 0.6 is 11.8 Å². The van der Waals surface area contributed by atoms with Crippen LogP contribution < -0.4 is 0 Å². The normalized spacial score (nSPS) is 17.1. The standard InChI is InChI=1S/C13H16S/c1-3-10(2)13-9-14-8-11-6-4-5-7-12(11)13/h4-7,9-10H,3,8H2,1-2H3. The summed E-state index contributed by atoms with van der Waals surface area (Å²) in [6, 6.07) is 8.79. The zero-order chi connectivity index (χ0) is 9.97. The third kappa shape index (κ3) is 1.74. The second-order valence-electron chi connectivity index (χ2n) is 3.85. The lowest BCUT2D eigenvalue weighted by atomic mass is 9.90. The van der Waals surface area contributed by atoms with Crippen molar-refractivity contribution in [2.75, 3.05) is 0 Å². The third-order valence-electron chi connectivity index (χ3n) is 2.92. The van der Waals surface area contributed by atoms with Gasteiger partial charge in [0.2, 0.25) is 0 Å². The molecule has 1 heterocycles. The molecule has 1 aromatic carbocycles. The van der Waals surface area contributed by atoms with Gasteiger partial charge in [0, 0.05) is 5.75 Å². The lowest BCUT2D eigenvalue weighted by Gasteiger charge is -2.21. The summed E-state index contributed by atoms with van der Waals surface area (Å²) in [6.45, 7) is 4.57. The first-order valence-corrected chi connectivity index (χ1v) is 6.27. The van der Waals surface area contributed by atoms with Gasteiger partial charge in [-0.2, -0.15) is 0 Å². The smallest absolute Gasteiger partial charge is 0.0232 e. The van der Waals surface area contributed by atoms with Gasteiger partial charge in [0.15, 0.2) is 0 Å². The zero-order valence-electron chi connectivity index (χ0n) is 8.79. The maximum absolute atomic E-state index is 2.34. The highest BCUT2D eigenvalue weighted by Crippen LogP contribution is 2.36. The highest BCUT2D eigenvalue weighted by molar-refractivity contribution is 8.01. The van der Waals surface area contributed by atoms with E-state index in [-0.39, 0.29) is 0 Å². The highest BCUT2D eigenvalue weighted by Gasteiger charge is 2.15. The molecule has 1 aromatic rings. The van der Waals surface area contributed by atoms with Gasteiger partial charge in [-0.25, -0.2) is 0 Å². The summed E-state index contributed by atoms with van der Waals surface area (Å²) in [7, 11) is 0. The molecular weight excluding hydrogens is 188 g/mol. The predicted octanol–water partition coefficient (Wildman–Crippen LogP) is 4.32. The topological polar surface area (TPSA) is 0 Å². The molecule has 1 aliphatic rings. The Kier molecular flexibility index (Phi) is 2.97. The molecule has 1 aliphatic heterocycles. The van der Waals surface area contributed by atoms with Crippen molar-refractivity contribution in [3.05, 3.63) is 40.8 Å². The molecule has 0 bridgehead atoms. The Hall–Kier alpha value is -0.690. The van der Waals surface area contributed by atoms with E-state index in [0.29, 0.717) is 5.92 Å². The third-order valence-corrected chi connectivity index (χ3v) is 3.82. The van der Waals surface area contributed by atoms with Crippen molar-refractivity contribution in [1.82, 2.24) is 0 Å². The number of benzene rings is 1. The largest absolute Gasteiger partial charge is 0.129 e. The second-order valence-corrected chi connectivity index (χ2v) is 4.71. The van der Waals surface area contributed by atoms with Crippen LogP contribution in [0.25, 0.3) is 5.57 Å². The summed E-state index contributed by atoms with van der Waals surface area (Å²) in [5.74, 6) is 1.82. The SMILES string of the molecule is CCC(C)C1=CSCc2ccccc21. The van der Waals surface area contributed by atoms with Crippen molar-refractivity contribution in [3.63, 3.8) is 0 Å². The molecule has 0 aromatic heterocycles. The molecule has 74 valence electrons. The number of hydrogen-bond donors (Lipinski definition) is 0. The van der Waals surface area contributed by atoms with Crippen LogP contribution in [0.1, 0.15) is 31.4 Å². The Balaban J connectivity index is 2.40. The average molecular weight is 204 g/mol. The minimum atomic E-state index is 0.684. The van der Waals surface area contributed by atoms with Crippen molar-refractivity contribution in [2.45, 2.75) is 26.0 Å². The molecule has 1 unspecified atom stereocenters. The van der Waals surface area contributed by atoms with Crippen LogP contribution in [-0.2, 0) is 5.75 Å². The van der Waals surface area contributed by atoms with Crippen LogP contribution in [0.5, 0.6) is 0 Å². The van der Waals surface area contributed by atoms with Gasteiger partial charge < -0.3 is 0 Å². The van der Waals surface area contributed by atoms with Gasteiger partial charge in [0.25, 0.3) is 0 Å². The van der Waals surface area contributed by atoms with E-state index >= 15 is 0 Å². The molecule has 0 saturated heterocycles. The predicted molar refractivity (Wildman–Crippen MR) is 65.2 cm³/mol. The van der Waals surface area contributed by atoms with E-state index in [1.165, 1.54) is 23.1 Å². The Bertz CT molecular complexity index is 352. The monoisotopic (exact) mass is 204 g/mol. The van der Waals surface area contributed by atoms with E-state index < -0.39 is 0 Å². The average Bonchev–Trinajstić information content (AvgIpc) is 2.27. The summed E-state index contributed by atoms with van der Waals surface area (Å²) < 4.78 is 0. The van der Waals surface area contributed by atoms with E-state index in [4.69, 9.17) is 0 Å². The summed E-state index contributed by atoms with van der Waals surface area (Å²) in [4.78, 5) is 0. The summed E-state index contributed by atoms with van der Waals surface area (Å²) in [5, 5.41) is 2.34. The quantitative estimate of drug-likeness (QED) is 0.691. The van der Waals surface area contributed by atoms with E-state index in [1.54, 1.807) is 0 Å². The molecule has 0 amide bonds. The molecule has 1 heteroatoms. The van der Waals surface area contributed by atoms with Crippen molar-refractivity contribution >= 4 is 17.3 Å². The zero-order valence-corrected chi connectivity index (χ0v) is 9.60. The minimum absolute atomic E-state index is 0.684. The minimum Gasteiger partial charge on any atom is -0.129 e. The molecule has 0 fully saturated rings. The number of rotatable bonds is 2. The number of thioether (sulfide) groups is 1. The fourth-order valence-corrected chi connectivity index (χ4v) is 2.87. The van der Waals surface area contributed by atoms with Gasteiger partial charge in [0.05, 0.1) is 0 Å². The summed E-state index contributed by atoms with van der Waals surface area (Å²) in [5.41, 5.74) is 4.50. The Labute approximate surface area is 90.4 Å². The van der Waals surface area contributed by atoms with Crippen LogP contribution in [-0.4, -0.2) is 0 Å². The van der Waals surface area contributed by atoms with Gasteiger partial charge >= 0.3 is 0 Å². The Morgan fingerprint density at radius 1 is 1.36 bits per heavy atom. The van der Waals surface area contributed by atoms with Gasteiger partial charge in [-0.15, -0.1) is 11.8 Å². The van der Waals surface area contributed by atoms with Crippen molar-refractivity contribution in [3.8, 4) is 0 Å². The lowest BCUT2D eigenvalue weighted by Crippen LogP contribution is -2.03. The molecule has 0 nitrogen and oxygen atoms in total. The molecule has 1 atom stereocenters. The lowest BCUT2D eigenvalue weighted by molar-refractivity contribution is 0.717. The Morgan fingerprint density at radius 2 is 2.14 bits per heavy atom. The Morgan fingerprint density at radius 3 is 2.93 bits per heavy atom. The van der Waals surface area contributed by atoms with E-state index in [0.717, 1.165) is 5.75 Å². The van der Waals surface area contributed by atoms with Crippen molar-refractivity contribution < 1.29 is 0 Å². The van der Waals surface area contributed by atoms with Gasteiger partial charge in [0.1, 0.15) is 0 Å². The number of hydrogen-bond acceptors (Lipinski definition) is 1. The molecular formula is C13H16S. The van der Waals surface area contributed by atoms with Crippen LogP contribution in [0, 0.1) is 5.92 Å². The maximum Gasteiger partial charge on any atom is 0.0232 e. The van der Waals surface area contributed by atoms with Crippen LogP contribution in [0.3, 0.4) is 0 Å². The molecule has 0 spiro atoms. The number of allylic oxidation sites excluding steroid dienone is 1. The molecule has 14 heavy (non-hydrogen) atoms. The number of fused-ring (bicyclic) bond motifs is 1. The first-order chi connectivity index (χ1) is 6.83. The fourth-order valence-electron chi connectivity index (χ4n) is 1.81. The second kappa shape index (κ2) is 4.22. The molecule has 0 aliphatic carbocycles. The first-order valence-electron chi connectivity index (χ1n) is 5.23. The van der Waals surface area contributed by atoms with Crippen molar-refractivity contribution in [1.29, 1.82) is 0 Å². The van der Waals surface area contributed by atoms with E-state index in [1.807, 2.05) is 11.8 Å². The summed E-state index contributed by atoms with van der Waals surface area (Å²) in [6.07, 6.45) is 1.22. The highest BCUT2D eigenvalue weighted by atomic mass is 32.2.